The molecule has 1 aliphatic heterocycles. The molecule has 162 valence electrons. The number of rotatable bonds is 6. The topological polar surface area (TPSA) is 53.5 Å². The fourth-order valence-corrected chi connectivity index (χ4v) is 4.14. The Morgan fingerprint density at radius 3 is 2.34 bits per heavy atom. The van der Waals surface area contributed by atoms with Gasteiger partial charge in [0.15, 0.2) is 0 Å². The maximum absolute atomic E-state index is 13.3. The number of hydrogen-bond donors (Lipinski definition) is 0. The quantitative estimate of drug-likeness (QED) is 0.559. The molecule has 0 spiro atoms. The van der Waals surface area contributed by atoms with Crippen molar-refractivity contribution in [1.29, 1.82) is 0 Å². The van der Waals surface area contributed by atoms with Crippen molar-refractivity contribution in [2.24, 2.45) is 5.92 Å². The molecule has 0 N–H and O–H groups in total. The molecule has 1 fully saturated rings. The molecule has 0 unspecified atom stereocenters. The summed E-state index contributed by atoms with van der Waals surface area (Å²) in [5, 5.41) is 0. The zero-order valence-corrected chi connectivity index (χ0v) is 18.1. The summed E-state index contributed by atoms with van der Waals surface area (Å²) in [5.41, 5.74) is 3.98. The van der Waals surface area contributed by atoms with Crippen molar-refractivity contribution in [2.45, 2.75) is 6.42 Å². The number of nitrogens with zero attached hydrogens (tertiary/aromatic N) is 3. The lowest BCUT2D eigenvalue weighted by atomic mass is 9.95. The Kier molecular flexibility index (Phi) is 6.75. The van der Waals surface area contributed by atoms with Gasteiger partial charge >= 0.3 is 0 Å². The average molecular weight is 426 g/mol. The molecule has 0 radical (unpaired) electrons. The molecular formula is C27H27N3O2. The fraction of sp³-hybridized carbons (Fsp3) is 0.222. The summed E-state index contributed by atoms with van der Waals surface area (Å²) in [4.78, 5) is 33.9. The second kappa shape index (κ2) is 10.1. The lowest BCUT2D eigenvalue weighted by Gasteiger charge is -2.23. The standard InChI is InChI=1S/C27H27N3O2/c1-2-16-29-17-18-30(26(31)24-12-14-28-15-13-24)20-25(27(29)32)19-21-8-10-23(11-9-21)22-6-4-3-5-7-22/h2-15,25H,1,16-20H2/t25-/m1/s1. The Balaban J connectivity index is 1.54. The largest absolute Gasteiger partial charge is 0.337 e. The third-order valence-corrected chi connectivity index (χ3v) is 5.85. The van der Waals surface area contributed by atoms with Gasteiger partial charge in [0, 0.05) is 44.1 Å². The third-order valence-electron chi connectivity index (χ3n) is 5.85. The summed E-state index contributed by atoms with van der Waals surface area (Å²) in [6.07, 6.45) is 5.56. The van der Waals surface area contributed by atoms with Crippen molar-refractivity contribution in [3.8, 4) is 11.1 Å². The van der Waals surface area contributed by atoms with Crippen molar-refractivity contribution in [3.63, 3.8) is 0 Å². The van der Waals surface area contributed by atoms with Crippen molar-refractivity contribution in [2.75, 3.05) is 26.2 Å². The molecule has 32 heavy (non-hydrogen) atoms. The van der Waals surface area contributed by atoms with Crippen LogP contribution in [-0.4, -0.2) is 52.8 Å². The van der Waals surface area contributed by atoms with Crippen LogP contribution >= 0.6 is 0 Å². The Hall–Kier alpha value is -3.73. The number of pyridine rings is 1. The predicted octanol–water partition coefficient (Wildman–Crippen LogP) is 4.08. The molecule has 1 atom stereocenters. The summed E-state index contributed by atoms with van der Waals surface area (Å²) in [5.74, 6) is -0.294. The molecule has 1 saturated heterocycles. The second-order valence-electron chi connectivity index (χ2n) is 8.02. The van der Waals surface area contributed by atoms with Gasteiger partial charge < -0.3 is 9.80 Å². The van der Waals surface area contributed by atoms with E-state index in [1.54, 1.807) is 40.4 Å². The average Bonchev–Trinajstić information content (AvgIpc) is 3.00. The highest BCUT2D eigenvalue weighted by Gasteiger charge is 2.32. The first-order chi connectivity index (χ1) is 15.7. The molecule has 2 amide bonds. The molecule has 0 bridgehead atoms. The van der Waals surface area contributed by atoms with Crippen molar-refractivity contribution in [3.05, 3.63) is 103 Å². The van der Waals surface area contributed by atoms with Crippen LogP contribution in [0.1, 0.15) is 15.9 Å². The van der Waals surface area contributed by atoms with Crippen LogP contribution in [0.4, 0.5) is 0 Å². The van der Waals surface area contributed by atoms with E-state index in [4.69, 9.17) is 0 Å². The highest BCUT2D eigenvalue weighted by atomic mass is 16.2. The van der Waals surface area contributed by atoms with Crippen molar-refractivity contribution < 1.29 is 9.59 Å². The molecule has 0 aliphatic carbocycles. The smallest absolute Gasteiger partial charge is 0.254 e. The number of aromatic nitrogens is 1. The molecule has 2 heterocycles. The minimum Gasteiger partial charge on any atom is -0.337 e. The number of carbonyl (C=O) groups excluding carboxylic acids is 2. The highest BCUT2D eigenvalue weighted by molar-refractivity contribution is 5.94. The van der Waals surface area contributed by atoms with Gasteiger partial charge in [0.25, 0.3) is 5.91 Å². The van der Waals surface area contributed by atoms with Crippen LogP contribution in [0.15, 0.2) is 91.8 Å². The van der Waals surface area contributed by atoms with Gasteiger partial charge in [0.1, 0.15) is 0 Å². The van der Waals surface area contributed by atoms with Gasteiger partial charge in [-0.1, -0.05) is 60.7 Å². The third kappa shape index (κ3) is 4.94. The molecule has 2 aromatic carbocycles. The van der Waals surface area contributed by atoms with Crippen LogP contribution in [0.2, 0.25) is 0 Å². The van der Waals surface area contributed by atoms with Crippen molar-refractivity contribution in [1.82, 2.24) is 14.8 Å². The molecule has 5 nitrogen and oxygen atoms in total. The Morgan fingerprint density at radius 2 is 1.66 bits per heavy atom. The number of benzene rings is 2. The first-order valence-corrected chi connectivity index (χ1v) is 10.9. The molecule has 0 saturated carbocycles. The van der Waals surface area contributed by atoms with E-state index in [1.807, 2.05) is 18.2 Å². The van der Waals surface area contributed by atoms with Crippen molar-refractivity contribution >= 4 is 11.8 Å². The first-order valence-electron chi connectivity index (χ1n) is 10.9. The van der Waals surface area contributed by atoms with Gasteiger partial charge in [-0.15, -0.1) is 6.58 Å². The molecule has 3 aromatic rings. The van der Waals surface area contributed by atoms with E-state index in [2.05, 4.69) is 48.0 Å². The monoisotopic (exact) mass is 425 g/mol. The summed E-state index contributed by atoms with van der Waals surface area (Å²) >= 11 is 0. The number of amides is 2. The van der Waals surface area contributed by atoms with Crippen LogP contribution in [-0.2, 0) is 11.2 Å². The SMILES string of the molecule is C=CCN1CCN(C(=O)c2ccncc2)C[C@@H](Cc2ccc(-c3ccccc3)cc2)C1=O. The maximum atomic E-state index is 13.3. The number of carbonyl (C=O) groups is 2. The van der Waals surface area contributed by atoms with E-state index in [9.17, 15) is 9.59 Å². The van der Waals surface area contributed by atoms with E-state index < -0.39 is 0 Å². The zero-order chi connectivity index (χ0) is 22.3. The minimum atomic E-state index is -0.300. The molecular weight excluding hydrogens is 398 g/mol. The zero-order valence-electron chi connectivity index (χ0n) is 18.1. The number of hydrogen-bond acceptors (Lipinski definition) is 3. The van der Waals surface area contributed by atoms with E-state index in [1.165, 1.54) is 0 Å². The van der Waals surface area contributed by atoms with Gasteiger partial charge in [-0.25, -0.2) is 0 Å². The predicted molar refractivity (Wildman–Crippen MR) is 126 cm³/mol. The Morgan fingerprint density at radius 1 is 0.969 bits per heavy atom. The summed E-state index contributed by atoms with van der Waals surface area (Å²) in [6.45, 7) is 5.68. The first kappa shape index (κ1) is 21.5. The fourth-order valence-electron chi connectivity index (χ4n) is 4.14. The van der Waals surface area contributed by atoms with Gasteiger partial charge in [-0.2, -0.15) is 0 Å². The van der Waals surface area contributed by atoms with E-state index >= 15 is 0 Å². The second-order valence-corrected chi connectivity index (χ2v) is 8.02. The van der Waals surface area contributed by atoms with E-state index in [0.29, 0.717) is 38.2 Å². The summed E-state index contributed by atoms with van der Waals surface area (Å²) < 4.78 is 0. The van der Waals surface area contributed by atoms with Crippen LogP contribution < -0.4 is 0 Å². The molecule has 1 aliphatic rings. The maximum Gasteiger partial charge on any atom is 0.254 e. The van der Waals surface area contributed by atoms with Crippen LogP contribution in [0.5, 0.6) is 0 Å². The lowest BCUT2D eigenvalue weighted by Crippen LogP contribution is -2.38. The summed E-state index contributed by atoms with van der Waals surface area (Å²) in [7, 11) is 0. The van der Waals surface area contributed by atoms with Crippen LogP contribution in [0.25, 0.3) is 11.1 Å². The van der Waals surface area contributed by atoms with E-state index in [0.717, 1.165) is 16.7 Å². The molecule has 4 rings (SSSR count). The van der Waals surface area contributed by atoms with Gasteiger partial charge in [0.05, 0.1) is 5.92 Å². The van der Waals surface area contributed by atoms with Gasteiger partial charge in [0.2, 0.25) is 5.91 Å². The lowest BCUT2D eigenvalue weighted by molar-refractivity contribution is -0.134. The van der Waals surface area contributed by atoms with Crippen LogP contribution in [0.3, 0.4) is 0 Å². The highest BCUT2D eigenvalue weighted by Crippen LogP contribution is 2.23. The van der Waals surface area contributed by atoms with Crippen LogP contribution in [0, 0.1) is 5.92 Å². The van der Waals surface area contributed by atoms with Gasteiger partial charge in [-0.3, -0.25) is 14.6 Å². The van der Waals surface area contributed by atoms with Gasteiger partial charge in [-0.05, 0) is 35.2 Å². The molecule has 1 aromatic heterocycles. The summed E-state index contributed by atoms with van der Waals surface area (Å²) in [6, 6.07) is 22.0. The Labute approximate surface area is 189 Å². The van der Waals surface area contributed by atoms with E-state index in [-0.39, 0.29) is 17.7 Å². The molecule has 5 heteroatoms. The normalized spacial score (nSPS) is 16.5. The minimum absolute atomic E-state index is 0.0647. The Bertz CT molecular complexity index is 1070.